The Bertz CT molecular complexity index is 272. The fourth-order valence-corrected chi connectivity index (χ4v) is 2.23. The highest BCUT2D eigenvalue weighted by Gasteiger charge is 2.31. The molecule has 0 aromatic carbocycles. The summed E-state index contributed by atoms with van der Waals surface area (Å²) in [4.78, 5) is 14.3. The van der Waals surface area contributed by atoms with Crippen LogP contribution in [0.1, 0.15) is 34.1 Å². The molecule has 3 N–H and O–H groups in total. The number of hydrogen-bond donors (Lipinski definition) is 2. The predicted molar refractivity (Wildman–Crippen MR) is 70.6 cm³/mol. The van der Waals surface area contributed by atoms with Gasteiger partial charge in [-0.2, -0.15) is 0 Å². The summed E-state index contributed by atoms with van der Waals surface area (Å²) >= 11 is 0. The number of nitrogens with zero attached hydrogens (tertiary/aromatic N) is 1. The van der Waals surface area contributed by atoms with E-state index in [1.807, 2.05) is 20.8 Å². The normalized spacial score (nSPS) is 28.8. The van der Waals surface area contributed by atoms with Crippen molar-refractivity contribution < 1.29 is 4.79 Å². The van der Waals surface area contributed by atoms with Crippen LogP contribution in [0.2, 0.25) is 0 Å². The Labute approximate surface area is 105 Å². The Morgan fingerprint density at radius 3 is 2.53 bits per heavy atom. The number of piperidine rings is 1. The van der Waals surface area contributed by atoms with Crippen LogP contribution in [0.4, 0.5) is 0 Å². The van der Waals surface area contributed by atoms with Crippen molar-refractivity contribution in [2.45, 2.75) is 46.2 Å². The summed E-state index contributed by atoms with van der Waals surface area (Å²) in [5.74, 6) is 0.476. The fourth-order valence-electron chi connectivity index (χ4n) is 2.23. The van der Waals surface area contributed by atoms with E-state index in [4.69, 9.17) is 5.73 Å². The number of rotatable bonds is 2. The van der Waals surface area contributed by atoms with Crippen LogP contribution in [0.3, 0.4) is 0 Å². The van der Waals surface area contributed by atoms with E-state index >= 15 is 0 Å². The Morgan fingerprint density at radius 2 is 2.06 bits per heavy atom. The summed E-state index contributed by atoms with van der Waals surface area (Å²) in [5.41, 5.74) is 5.78. The molecule has 1 amide bonds. The van der Waals surface area contributed by atoms with Crippen molar-refractivity contribution in [2.75, 3.05) is 20.1 Å². The zero-order chi connectivity index (χ0) is 13.2. The molecule has 1 aliphatic rings. The highest BCUT2D eigenvalue weighted by molar-refractivity contribution is 5.82. The number of carbonyl (C=O) groups is 1. The number of carbonyl (C=O) groups excluding carboxylic acids is 1. The molecule has 1 aliphatic heterocycles. The molecular weight excluding hydrogens is 214 g/mol. The molecule has 4 heteroatoms. The standard InChI is InChI=1S/C13H27N3O/c1-9-8-16(5)7-6-10(9)15-12(17)11(14)13(2,3)4/h9-11H,6-8,14H2,1-5H3,(H,15,17). The third kappa shape index (κ3) is 3.96. The lowest BCUT2D eigenvalue weighted by atomic mass is 9.86. The van der Waals surface area contributed by atoms with Gasteiger partial charge in [0.05, 0.1) is 6.04 Å². The second kappa shape index (κ2) is 5.36. The molecule has 0 aliphatic carbocycles. The van der Waals surface area contributed by atoms with Gasteiger partial charge in [0.15, 0.2) is 0 Å². The van der Waals surface area contributed by atoms with E-state index in [2.05, 4.69) is 24.2 Å². The lowest BCUT2D eigenvalue weighted by Gasteiger charge is -2.36. The summed E-state index contributed by atoms with van der Waals surface area (Å²) in [6.45, 7) is 10.2. The van der Waals surface area contributed by atoms with Gasteiger partial charge in [-0.25, -0.2) is 0 Å². The van der Waals surface area contributed by atoms with Gasteiger partial charge in [-0.1, -0.05) is 27.7 Å². The van der Waals surface area contributed by atoms with Crippen LogP contribution in [-0.4, -0.2) is 43.0 Å². The molecule has 1 rings (SSSR count). The van der Waals surface area contributed by atoms with Gasteiger partial charge in [0.25, 0.3) is 0 Å². The molecule has 100 valence electrons. The third-order valence-corrected chi connectivity index (χ3v) is 3.65. The predicted octanol–water partition coefficient (Wildman–Crippen LogP) is 0.816. The monoisotopic (exact) mass is 241 g/mol. The number of amides is 1. The lowest BCUT2D eigenvalue weighted by molar-refractivity contribution is -0.125. The molecule has 0 bridgehead atoms. The summed E-state index contributed by atoms with van der Waals surface area (Å²) < 4.78 is 0. The number of likely N-dealkylation sites (tertiary alicyclic amines) is 1. The summed E-state index contributed by atoms with van der Waals surface area (Å²) in [6, 6.07) is -0.165. The lowest BCUT2D eigenvalue weighted by Crippen LogP contribution is -2.55. The SMILES string of the molecule is CC1CN(C)CCC1NC(=O)C(N)C(C)(C)C. The van der Waals surface area contributed by atoms with Crippen molar-refractivity contribution in [3.05, 3.63) is 0 Å². The Balaban J connectivity index is 2.52. The topological polar surface area (TPSA) is 58.4 Å². The number of nitrogens with two attached hydrogens (primary N) is 1. The van der Waals surface area contributed by atoms with Gasteiger partial charge in [0.1, 0.15) is 0 Å². The average Bonchev–Trinajstić information content (AvgIpc) is 2.19. The Morgan fingerprint density at radius 1 is 1.47 bits per heavy atom. The molecule has 0 radical (unpaired) electrons. The van der Waals surface area contributed by atoms with Crippen LogP contribution in [0.15, 0.2) is 0 Å². The van der Waals surface area contributed by atoms with Gasteiger partial charge in [-0.3, -0.25) is 4.79 Å². The van der Waals surface area contributed by atoms with Crippen LogP contribution < -0.4 is 11.1 Å². The second-order valence-electron chi connectivity index (χ2n) is 6.49. The quantitative estimate of drug-likeness (QED) is 0.752. The maximum atomic E-state index is 12.0. The Hall–Kier alpha value is -0.610. The number of nitrogens with one attached hydrogen (secondary N) is 1. The van der Waals surface area contributed by atoms with Gasteiger partial charge in [-0.05, 0) is 31.3 Å². The second-order valence-corrected chi connectivity index (χ2v) is 6.49. The van der Waals surface area contributed by atoms with Crippen LogP contribution in [0.5, 0.6) is 0 Å². The molecule has 1 fully saturated rings. The first kappa shape index (κ1) is 14.5. The molecule has 17 heavy (non-hydrogen) atoms. The molecule has 3 unspecified atom stereocenters. The van der Waals surface area contributed by atoms with E-state index in [9.17, 15) is 4.79 Å². The molecule has 0 saturated carbocycles. The van der Waals surface area contributed by atoms with Crippen LogP contribution >= 0.6 is 0 Å². The van der Waals surface area contributed by atoms with E-state index in [-0.39, 0.29) is 17.4 Å². The van der Waals surface area contributed by atoms with Crippen molar-refractivity contribution in [3.63, 3.8) is 0 Å². The summed E-state index contributed by atoms with van der Waals surface area (Å²) in [6.07, 6.45) is 1.01. The van der Waals surface area contributed by atoms with Crippen molar-refractivity contribution in [1.82, 2.24) is 10.2 Å². The van der Waals surface area contributed by atoms with Crippen molar-refractivity contribution in [3.8, 4) is 0 Å². The van der Waals surface area contributed by atoms with Crippen LogP contribution in [-0.2, 0) is 4.79 Å². The van der Waals surface area contributed by atoms with Gasteiger partial charge in [-0.15, -0.1) is 0 Å². The molecule has 0 aromatic rings. The first-order valence-electron chi connectivity index (χ1n) is 6.46. The molecule has 0 aromatic heterocycles. The van der Waals surface area contributed by atoms with E-state index in [0.29, 0.717) is 5.92 Å². The highest BCUT2D eigenvalue weighted by Crippen LogP contribution is 2.19. The van der Waals surface area contributed by atoms with E-state index < -0.39 is 6.04 Å². The zero-order valence-electron chi connectivity index (χ0n) is 11.8. The van der Waals surface area contributed by atoms with Gasteiger partial charge >= 0.3 is 0 Å². The molecule has 1 heterocycles. The van der Waals surface area contributed by atoms with Crippen molar-refractivity contribution >= 4 is 5.91 Å². The zero-order valence-corrected chi connectivity index (χ0v) is 11.8. The van der Waals surface area contributed by atoms with E-state index in [1.165, 1.54) is 0 Å². The third-order valence-electron chi connectivity index (χ3n) is 3.65. The largest absolute Gasteiger partial charge is 0.352 e. The maximum Gasteiger partial charge on any atom is 0.237 e. The fraction of sp³-hybridized carbons (Fsp3) is 0.923. The minimum Gasteiger partial charge on any atom is -0.352 e. The van der Waals surface area contributed by atoms with Crippen LogP contribution in [0.25, 0.3) is 0 Å². The average molecular weight is 241 g/mol. The van der Waals surface area contributed by atoms with Gasteiger partial charge in [0.2, 0.25) is 5.91 Å². The Kier molecular flexibility index (Phi) is 4.55. The maximum absolute atomic E-state index is 12.0. The van der Waals surface area contributed by atoms with Crippen molar-refractivity contribution in [2.24, 2.45) is 17.1 Å². The van der Waals surface area contributed by atoms with Gasteiger partial charge < -0.3 is 16.0 Å². The summed E-state index contributed by atoms with van der Waals surface area (Å²) in [5, 5.41) is 3.10. The molecule has 1 saturated heterocycles. The van der Waals surface area contributed by atoms with Crippen molar-refractivity contribution in [1.29, 1.82) is 0 Å². The van der Waals surface area contributed by atoms with E-state index in [0.717, 1.165) is 19.5 Å². The smallest absolute Gasteiger partial charge is 0.237 e. The molecular formula is C13H27N3O. The first-order chi connectivity index (χ1) is 7.71. The first-order valence-corrected chi connectivity index (χ1v) is 6.46. The number of hydrogen-bond acceptors (Lipinski definition) is 3. The highest BCUT2D eigenvalue weighted by atomic mass is 16.2. The van der Waals surface area contributed by atoms with Gasteiger partial charge in [0, 0.05) is 12.6 Å². The van der Waals surface area contributed by atoms with E-state index in [1.54, 1.807) is 0 Å². The minimum atomic E-state index is -0.436. The molecule has 0 spiro atoms. The summed E-state index contributed by atoms with van der Waals surface area (Å²) in [7, 11) is 2.12. The molecule has 3 atom stereocenters. The van der Waals surface area contributed by atoms with Crippen LogP contribution in [0, 0.1) is 11.3 Å². The minimum absolute atomic E-state index is 0.0149. The molecule has 4 nitrogen and oxygen atoms in total.